The van der Waals surface area contributed by atoms with Crippen LogP contribution in [0, 0.1) is 12.3 Å². The van der Waals surface area contributed by atoms with Gasteiger partial charge in [0.2, 0.25) is 5.91 Å². The molecule has 0 radical (unpaired) electrons. The smallest absolute Gasteiger partial charge is 0.237 e. The van der Waals surface area contributed by atoms with Crippen LogP contribution in [-0.4, -0.2) is 61.8 Å². The number of aryl methyl sites for hydroxylation is 1. The fourth-order valence-corrected chi connectivity index (χ4v) is 6.19. The van der Waals surface area contributed by atoms with Gasteiger partial charge in [-0.2, -0.15) is 0 Å². The van der Waals surface area contributed by atoms with Crippen molar-refractivity contribution in [1.29, 1.82) is 5.41 Å². The zero-order valence-corrected chi connectivity index (χ0v) is 23.6. The molecule has 1 N–H and O–H groups in total. The van der Waals surface area contributed by atoms with E-state index in [4.69, 9.17) is 4.74 Å². The van der Waals surface area contributed by atoms with E-state index in [0.29, 0.717) is 18.7 Å². The molecule has 1 saturated heterocycles. The lowest BCUT2D eigenvalue weighted by molar-refractivity contribution is -0.133. The molecular weight excluding hydrogens is 470 g/mol. The van der Waals surface area contributed by atoms with Crippen LogP contribution >= 0.6 is 0 Å². The molecule has 5 heteroatoms. The molecule has 1 amide bonds. The lowest BCUT2D eigenvalue weighted by Gasteiger charge is -2.46. The number of carbonyl (C=O) groups is 1. The quantitative estimate of drug-likeness (QED) is 0.413. The Bertz CT molecular complexity index is 1230. The van der Waals surface area contributed by atoms with Gasteiger partial charge in [-0.05, 0) is 67.6 Å². The normalized spacial score (nSPS) is 20.3. The molecule has 38 heavy (non-hydrogen) atoms. The molecule has 1 heterocycles. The number of piperidine rings is 1. The van der Waals surface area contributed by atoms with Gasteiger partial charge in [-0.25, -0.2) is 0 Å². The number of likely N-dealkylation sites (N-methyl/N-ethyl adjacent to an activating group) is 1. The van der Waals surface area contributed by atoms with Crippen molar-refractivity contribution in [1.82, 2.24) is 9.80 Å². The van der Waals surface area contributed by atoms with Crippen molar-refractivity contribution in [2.45, 2.75) is 50.5 Å². The highest BCUT2D eigenvalue weighted by Gasteiger charge is 2.46. The summed E-state index contributed by atoms with van der Waals surface area (Å²) in [7, 11) is 5.36. The molecule has 1 aliphatic rings. The average molecular weight is 512 g/mol. The fourth-order valence-electron chi connectivity index (χ4n) is 6.19. The van der Waals surface area contributed by atoms with Crippen molar-refractivity contribution in [3.8, 4) is 5.75 Å². The zero-order chi connectivity index (χ0) is 27.5. The van der Waals surface area contributed by atoms with Crippen LogP contribution in [0.5, 0.6) is 5.75 Å². The highest BCUT2D eigenvalue weighted by Crippen LogP contribution is 2.41. The third-order valence-corrected chi connectivity index (χ3v) is 8.58. The molecule has 0 spiro atoms. The highest BCUT2D eigenvalue weighted by molar-refractivity contribution is 5.97. The van der Waals surface area contributed by atoms with Gasteiger partial charge < -0.3 is 15.0 Å². The van der Waals surface area contributed by atoms with E-state index in [-0.39, 0.29) is 17.4 Å². The number of hydrogen-bond donors (Lipinski definition) is 1. The Labute approximate surface area is 227 Å². The number of methoxy groups -OCH3 is 1. The van der Waals surface area contributed by atoms with Gasteiger partial charge >= 0.3 is 0 Å². The number of nitrogens with one attached hydrogen (secondary N) is 1. The van der Waals surface area contributed by atoms with E-state index in [0.717, 1.165) is 29.8 Å². The van der Waals surface area contributed by atoms with Crippen molar-refractivity contribution in [3.05, 3.63) is 101 Å². The van der Waals surface area contributed by atoms with Gasteiger partial charge in [-0.15, -0.1) is 0 Å². The van der Waals surface area contributed by atoms with Gasteiger partial charge in [0.05, 0.1) is 7.11 Å². The number of nitrogens with zero attached hydrogens (tertiary/aromatic N) is 2. The van der Waals surface area contributed by atoms with Crippen LogP contribution in [0.2, 0.25) is 0 Å². The Morgan fingerprint density at radius 3 is 2.16 bits per heavy atom. The van der Waals surface area contributed by atoms with Crippen molar-refractivity contribution in [2.24, 2.45) is 0 Å². The van der Waals surface area contributed by atoms with Crippen LogP contribution in [-0.2, 0) is 15.6 Å². The highest BCUT2D eigenvalue weighted by atomic mass is 16.5. The van der Waals surface area contributed by atoms with E-state index < -0.39 is 5.41 Å². The molecule has 0 bridgehead atoms. The van der Waals surface area contributed by atoms with Crippen molar-refractivity contribution < 1.29 is 9.53 Å². The van der Waals surface area contributed by atoms with E-state index >= 15 is 0 Å². The van der Waals surface area contributed by atoms with Crippen LogP contribution in [0.3, 0.4) is 0 Å². The third kappa shape index (κ3) is 4.88. The number of likely N-dealkylation sites (tertiary alicyclic amines) is 1. The average Bonchev–Trinajstić information content (AvgIpc) is 2.94. The number of benzene rings is 3. The van der Waals surface area contributed by atoms with Gasteiger partial charge in [-0.3, -0.25) is 9.69 Å². The number of rotatable bonds is 8. The van der Waals surface area contributed by atoms with E-state index in [9.17, 15) is 10.2 Å². The molecule has 0 aliphatic carbocycles. The standard InChI is InChI=1S/C33H41N3O2/c1-24-17-18-28(38-6)23-29(24)32(3)19-21-36(25(2)30(32)34)22-20-33(31(37)35(4)5,26-13-9-7-10-14-26)27-15-11-8-12-16-27/h7-18,23,25,34H,19-22H2,1-6H3. The Kier molecular flexibility index (Phi) is 8.08. The Hall–Kier alpha value is -3.44. The predicted molar refractivity (Wildman–Crippen MR) is 155 cm³/mol. The molecule has 1 fully saturated rings. The molecule has 3 aromatic rings. The lowest BCUT2D eigenvalue weighted by atomic mass is 9.68. The van der Waals surface area contributed by atoms with Crippen LogP contribution in [0.25, 0.3) is 0 Å². The molecule has 5 nitrogen and oxygen atoms in total. The second-order valence-electron chi connectivity index (χ2n) is 11.0. The molecule has 2 atom stereocenters. The Balaban J connectivity index is 1.67. The topological polar surface area (TPSA) is 56.6 Å². The molecule has 0 saturated carbocycles. The lowest BCUT2D eigenvalue weighted by Crippen LogP contribution is -2.56. The summed E-state index contributed by atoms with van der Waals surface area (Å²) in [4.78, 5) is 18.1. The molecule has 2 unspecified atom stereocenters. The van der Waals surface area contributed by atoms with Crippen molar-refractivity contribution in [3.63, 3.8) is 0 Å². The van der Waals surface area contributed by atoms with Gasteiger partial charge in [-0.1, -0.05) is 73.7 Å². The number of ether oxygens (including phenoxy) is 1. The molecule has 200 valence electrons. The SMILES string of the molecule is COc1ccc(C)c(C2(C)CCN(CCC(C(=O)N(C)C)(c3ccccc3)c3ccccc3)C(C)C2=N)c1. The largest absolute Gasteiger partial charge is 0.497 e. The number of hydrogen-bond acceptors (Lipinski definition) is 4. The van der Waals surface area contributed by atoms with Gasteiger partial charge in [0.25, 0.3) is 0 Å². The van der Waals surface area contributed by atoms with Crippen molar-refractivity contribution in [2.75, 3.05) is 34.3 Å². The van der Waals surface area contributed by atoms with E-state index in [2.05, 4.69) is 62.1 Å². The minimum atomic E-state index is -0.807. The van der Waals surface area contributed by atoms with Crippen LogP contribution in [0.15, 0.2) is 78.9 Å². The Morgan fingerprint density at radius 2 is 1.63 bits per heavy atom. The summed E-state index contributed by atoms with van der Waals surface area (Å²) in [6, 6.07) is 26.4. The summed E-state index contributed by atoms with van der Waals surface area (Å²) in [6.45, 7) is 8.01. The summed E-state index contributed by atoms with van der Waals surface area (Å²) >= 11 is 0. The summed E-state index contributed by atoms with van der Waals surface area (Å²) in [5, 5.41) is 9.30. The first kappa shape index (κ1) is 27.6. The fraction of sp³-hybridized carbons (Fsp3) is 0.394. The van der Waals surface area contributed by atoms with Crippen LogP contribution < -0.4 is 4.74 Å². The maximum Gasteiger partial charge on any atom is 0.237 e. The summed E-state index contributed by atoms with van der Waals surface area (Å²) in [5.41, 5.74) is 3.90. The van der Waals surface area contributed by atoms with Gasteiger partial charge in [0, 0.05) is 37.8 Å². The second-order valence-corrected chi connectivity index (χ2v) is 11.0. The molecule has 4 rings (SSSR count). The van der Waals surface area contributed by atoms with Crippen LogP contribution in [0.4, 0.5) is 0 Å². The first-order valence-electron chi connectivity index (χ1n) is 13.5. The minimum Gasteiger partial charge on any atom is -0.497 e. The number of amides is 1. The summed E-state index contributed by atoms with van der Waals surface area (Å²) in [6.07, 6.45) is 1.47. The van der Waals surface area contributed by atoms with E-state index in [1.807, 2.05) is 56.6 Å². The predicted octanol–water partition coefficient (Wildman–Crippen LogP) is 5.84. The monoisotopic (exact) mass is 511 g/mol. The third-order valence-electron chi connectivity index (χ3n) is 8.58. The van der Waals surface area contributed by atoms with Gasteiger partial charge in [0.15, 0.2) is 0 Å². The zero-order valence-electron chi connectivity index (χ0n) is 23.6. The molecule has 0 aromatic heterocycles. The molecular formula is C33H41N3O2. The van der Waals surface area contributed by atoms with E-state index in [1.54, 1.807) is 12.0 Å². The maximum absolute atomic E-state index is 14.0. The van der Waals surface area contributed by atoms with Crippen LogP contribution in [0.1, 0.15) is 48.9 Å². The number of carbonyl (C=O) groups excluding carboxylic acids is 1. The molecule has 3 aromatic carbocycles. The molecule has 1 aliphatic heterocycles. The Morgan fingerprint density at radius 1 is 1.05 bits per heavy atom. The first-order chi connectivity index (χ1) is 18.1. The summed E-state index contributed by atoms with van der Waals surface area (Å²) in [5.74, 6) is 0.902. The van der Waals surface area contributed by atoms with Crippen molar-refractivity contribution >= 4 is 11.6 Å². The summed E-state index contributed by atoms with van der Waals surface area (Å²) < 4.78 is 5.51. The second kappa shape index (κ2) is 11.1. The minimum absolute atomic E-state index is 0.0435. The van der Waals surface area contributed by atoms with Gasteiger partial charge in [0.1, 0.15) is 11.2 Å². The van der Waals surface area contributed by atoms with E-state index in [1.165, 1.54) is 11.1 Å². The first-order valence-corrected chi connectivity index (χ1v) is 13.5. The maximum atomic E-state index is 14.0.